The fourth-order valence-electron chi connectivity index (χ4n) is 3.57. The summed E-state index contributed by atoms with van der Waals surface area (Å²) in [5.41, 5.74) is 4.39. The zero-order valence-electron chi connectivity index (χ0n) is 22.0. The zero-order chi connectivity index (χ0) is 25.6. The van der Waals surface area contributed by atoms with E-state index in [2.05, 4.69) is 62.4 Å². The van der Waals surface area contributed by atoms with Gasteiger partial charge in [-0.3, -0.25) is 0 Å². The Balaban J connectivity index is 1.62. The van der Waals surface area contributed by atoms with Gasteiger partial charge < -0.3 is 18.9 Å². The summed E-state index contributed by atoms with van der Waals surface area (Å²) in [5, 5.41) is 0. The highest BCUT2D eigenvalue weighted by Crippen LogP contribution is 2.30. The van der Waals surface area contributed by atoms with Gasteiger partial charge in [-0.1, -0.05) is 87.4 Å². The van der Waals surface area contributed by atoms with E-state index < -0.39 is 0 Å². The SMILES string of the molecule is CCCCOc1ccc(C=Cc2ccc(C=Cc3ccc(OCCCC)c(OC)c3)cc2)cc1OC. The van der Waals surface area contributed by atoms with Gasteiger partial charge >= 0.3 is 0 Å². The quantitative estimate of drug-likeness (QED) is 0.169. The van der Waals surface area contributed by atoms with Gasteiger partial charge in [-0.2, -0.15) is 0 Å². The Morgan fingerprint density at radius 3 is 1.22 bits per heavy atom. The van der Waals surface area contributed by atoms with Crippen LogP contribution in [0.15, 0.2) is 60.7 Å². The van der Waals surface area contributed by atoms with Crippen LogP contribution in [0.1, 0.15) is 61.8 Å². The summed E-state index contributed by atoms with van der Waals surface area (Å²) >= 11 is 0. The second-order valence-corrected chi connectivity index (χ2v) is 8.56. The first kappa shape index (κ1) is 26.9. The molecule has 3 rings (SSSR count). The average Bonchev–Trinajstić information content (AvgIpc) is 2.92. The molecule has 0 aliphatic rings. The fourth-order valence-corrected chi connectivity index (χ4v) is 3.57. The van der Waals surface area contributed by atoms with Gasteiger partial charge in [0.25, 0.3) is 0 Å². The predicted molar refractivity (Wildman–Crippen MR) is 151 cm³/mol. The van der Waals surface area contributed by atoms with Gasteiger partial charge in [0.05, 0.1) is 27.4 Å². The Kier molecular flexibility index (Phi) is 11.0. The molecule has 0 saturated heterocycles. The van der Waals surface area contributed by atoms with Crippen molar-refractivity contribution in [2.45, 2.75) is 39.5 Å². The van der Waals surface area contributed by atoms with Gasteiger partial charge in [0.2, 0.25) is 0 Å². The largest absolute Gasteiger partial charge is 0.493 e. The molecular weight excluding hydrogens is 448 g/mol. The van der Waals surface area contributed by atoms with Gasteiger partial charge in [-0.25, -0.2) is 0 Å². The predicted octanol–water partition coefficient (Wildman–Crippen LogP) is 8.40. The lowest BCUT2D eigenvalue weighted by atomic mass is 10.1. The number of hydrogen-bond acceptors (Lipinski definition) is 4. The molecule has 0 unspecified atom stereocenters. The maximum atomic E-state index is 5.82. The maximum Gasteiger partial charge on any atom is 0.161 e. The van der Waals surface area contributed by atoms with Crippen LogP contribution in [-0.4, -0.2) is 27.4 Å². The lowest BCUT2D eigenvalue weighted by Gasteiger charge is -2.11. The Labute approximate surface area is 216 Å². The highest BCUT2D eigenvalue weighted by molar-refractivity contribution is 5.74. The molecule has 0 aliphatic carbocycles. The molecule has 36 heavy (non-hydrogen) atoms. The minimum atomic E-state index is 0.704. The normalized spacial score (nSPS) is 11.2. The molecule has 0 N–H and O–H groups in total. The summed E-state index contributed by atoms with van der Waals surface area (Å²) in [5.74, 6) is 3.09. The van der Waals surface area contributed by atoms with Crippen LogP contribution in [0.2, 0.25) is 0 Å². The van der Waals surface area contributed by atoms with Crippen molar-refractivity contribution >= 4 is 24.3 Å². The van der Waals surface area contributed by atoms with E-state index in [-0.39, 0.29) is 0 Å². The number of ether oxygens (including phenoxy) is 4. The maximum absolute atomic E-state index is 5.82. The second kappa shape index (κ2) is 14.7. The molecule has 0 heterocycles. The minimum Gasteiger partial charge on any atom is -0.493 e. The molecule has 0 atom stereocenters. The van der Waals surface area contributed by atoms with Crippen LogP contribution in [0, 0.1) is 0 Å². The van der Waals surface area contributed by atoms with Crippen LogP contribution >= 0.6 is 0 Å². The number of hydrogen-bond donors (Lipinski definition) is 0. The van der Waals surface area contributed by atoms with Crippen LogP contribution in [0.3, 0.4) is 0 Å². The lowest BCUT2D eigenvalue weighted by Crippen LogP contribution is -1.98. The lowest BCUT2D eigenvalue weighted by molar-refractivity contribution is 0.288. The molecule has 0 fully saturated rings. The van der Waals surface area contributed by atoms with Crippen LogP contribution in [0.25, 0.3) is 24.3 Å². The monoisotopic (exact) mass is 486 g/mol. The first-order valence-corrected chi connectivity index (χ1v) is 12.7. The highest BCUT2D eigenvalue weighted by Gasteiger charge is 2.06. The Hall–Kier alpha value is -3.66. The van der Waals surface area contributed by atoms with Crippen molar-refractivity contribution in [1.82, 2.24) is 0 Å². The minimum absolute atomic E-state index is 0.704. The Bertz CT molecular complexity index is 1040. The third kappa shape index (κ3) is 8.23. The van der Waals surface area contributed by atoms with Crippen molar-refractivity contribution in [2.75, 3.05) is 27.4 Å². The van der Waals surface area contributed by atoms with Gasteiger partial charge in [0.1, 0.15) is 0 Å². The summed E-state index contributed by atoms with van der Waals surface area (Å²) in [6, 6.07) is 20.5. The molecule has 0 spiro atoms. The number of benzene rings is 3. The van der Waals surface area contributed by atoms with E-state index in [1.807, 2.05) is 36.4 Å². The molecule has 0 aliphatic heterocycles. The number of unbranched alkanes of at least 4 members (excludes halogenated alkanes) is 2. The third-order valence-electron chi connectivity index (χ3n) is 5.76. The van der Waals surface area contributed by atoms with E-state index in [1.54, 1.807) is 14.2 Å². The van der Waals surface area contributed by atoms with Crippen LogP contribution in [-0.2, 0) is 0 Å². The second-order valence-electron chi connectivity index (χ2n) is 8.56. The first-order chi connectivity index (χ1) is 17.7. The van der Waals surface area contributed by atoms with Gasteiger partial charge in [-0.05, 0) is 59.4 Å². The third-order valence-corrected chi connectivity index (χ3v) is 5.76. The fraction of sp³-hybridized carbons (Fsp3) is 0.312. The zero-order valence-corrected chi connectivity index (χ0v) is 22.0. The molecule has 4 heteroatoms. The summed E-state index contributed by atoms with van der Waals surface area (Å²) in [6.45, 7) is 5.71. The summed E-state index contributed by atoms with van der Waals surface area (Å²) < 4.78 is 22.7. The Morgan fingerprint density at radius 2 is 0.861 bits per heavy atom. The van der Waals surface area contributed by atoms with Gasteiger partial charge in [-0.15, -0.1) is 0 Å². The summed E-state index contributed by atoms with van der Waals surface area (Å²) in [7, 11) is 3.35. The van der Waals surface area contributed by atoms with Gasteiger partial charge in [0, 0.05) is 0 Å². The molecule has 3 aromatic carbocycles. The molecule has 0 amide bonds. The summed E-state index contributed by atoms with van der Waals surface area (Å²) in [6.07, 6.45) is 12.6. The van der Waals surface area contributed by atoms with Crippen LogP contribution in [0.5, 0.6) is 23.0 Å². The average molecular weight is 487 g/mol. The van der Waals surface area contributed by atoms with E-state index in [0.717, 1.165) is 70.9 Å². The first-order valence-electron chi connectivity index (χ1n) is 12.7. The van der Waals surface area contributed by atoms with E-state index in [0.29, 0.717) is 13.2 Å². The number of rotatable bonds is 14. The van der Waals surface area contributed by atoms with Crippen LogP contribution in [0.4, 0.5) is 0 Å². The van der Waals surface area contributed by atoms with Crippen LogP contribution < -0.4 is 18.9 Å². The van der Waals surface area contributed by atoms with Crippen molar-refractivity contribution in [3.05, 3.63) is 82.9 Å². The van der Waals surface area contributed by atoms with E-state index in [4.69, 9.17) is 18.9 Å². The van der Waals surface area contributed by atoms with Crippen molar-refractivity contribution < 1.29 is 18.9 Å². The molecule has 0 bridgehead atoms. The topological polar surface area (TPSA) is 36.9 Å². The summed E-state index contributed by atoms with van der Waals surface area (Å²) in [4.78, 5) is 0. The van der Waals surface area contributed by atoms with E-state index in [1.165, 1.54) is 0 Å². The Morgan fingerprint density at radius 1 is 0.500 bits per heavy atom. The molecule has 3 aromatic rings. The van der Waals surface area contributed by atoms with Crippen molar-refractivity contribution in [2.24, 2.45) is 0 Å². The van der Waals surface area contributed by atoms with Crippen molar-refractivity contribution in [3.8, 4) is 23.0 Å². The molecule has 0 aromatic heterocycles. The van der Waals surface area contributed by atoms with E-state index >= 15 is 0 Å². The molecular formula is C32H38O4. The molecule has 190 valence electrons. The highest BCUT2D eigenvalue weighted by atomic mass is 16.5. The molecule has 0 saturated carbocycles. The number of methoxy groups -OCH3 is 2. The van der Waals surface area contributed by atoms with E-state index in [9.17, 15) is 0 Å². The molecule has 0 radical (unpaired) electrons. The standard InChI is InChI=1S/C32H38O4/c1-5-7-21-35-29-19-17-27(23-31(29)33-3)15-13-25-9-11-26(12-10-25)14-16-28-18-20-30(32(24-28)34-4)36-22-8-6-2/h9-20,23-24H,5-8,21-22H2,1-4H3. The smallest absolute Gasteiger partial charge is 0.161 e. The van der Waals surface area contributed by atoms with Gasteiger partial charge in [0.15, 0.2) is 23.0 Å². The van der Waals surface area contributed by atoms with Crippen molar-refractivity contribution in [1.29, 1.82) is 0 Å². The molecule has 4 nitrogen and oxygen atoms in total. The van der Waals surface area contributed by atoms with Crippen molar-refractivity contribution in [3.63, 3.8) is 0 Å².